The summed E-state index contributed by atoms with van der Waals surface area (Å²) < 4.78 is 4.43. The van der Waals surface area contributed by atoms with Crippen molar-refractivity contribution in [3.63, 3.8) is 0 Å². The first kappa shape index (κ1) is 16.4. The van der Waals surface area contributed by atoms with Gasteiger partial charge in [-0.1, -0.05) is 18.2 Å². The minimum atomic E-state index is -0.475. The maximum Gasteiger partial charge on any atom is 0.330 e. The standard InChI is InChI=1S/C16H17N3O4/c1-23-15(21)7-4-10-17-14(20)9-8-13-18-12-6-3-2-5-11(12)16(22)19-13/h2-7H,8-10H2,1H3,(H,17,20)(H,18,19,22)/b7-4+. The molecule has 120 valence electrons. The Kier molecular flexibility index (Phi) is 5.62. The van der Waals surface area contributed by atoms with E-state index in [4.69, 9.17) is 0 Å². The molecule has 0 aliphatic rings. The number of H-pyrrole nitrogens is 1. The summed E-state index contributed by atoms with van der Waals surface area (Å²) in [5.74, 6) is -0.207. The number of rotatable bonds is 6. The molecule has 0 aliphatic carbocycles. The van der Waals surface area contributed by atoms with E-state index in [1.54, 1.807) is 24.3 Å². The van der Waals surface area contributed by atoms with E-state index in [2.05, 4.69) is 20.0 Å². The Labute approximate surface area is 132 Å². The van der Waals surface area contributed by atoms with E-state index in [-0.39, 0.29) is 24.4 Å². The van der Waals surface area contributed by atoms with Gasteiger partial charge in [-0.15, -0.1) is 0 Å². The zero-order chi connectivity index (χ0) is 16.7. The van der Waals surface area contributed by atoms with Crippen LogP contribution in [-0.4, -0.2) is 35.5 Å². The third-order valence-corrected chi connectivity index (χ3v) is 3.12. The number of ether oxygens (including phenoxy) is 1. The SMILES string of the molecule is COC(=O)/C=C/CNC(=O)CCc1nc2ccccc2c(=O)[nH]1. The minimum Gasteiger partial charge on any atom is -0.466 e. The number of benzene rings is 1. The molecule has 7 heteroatoms. The first-order valence-corrected chi connectivity index (χ1v) is 7.09. The number of hydrogen-bond donors (Lipinski definition) is 2. The number of carbonyl (C=O) groups is 2. The number of nitrogens with zero attached hydrogens (tertiary/aromatic N) is 1. The predicted octanol–water partition coefficient (Wildman–Crippen LogP) is 0.701. The normalized spacial score (nSPS) is 10.8. The Morgan fingerprint density at radius 2 is 2.13 bits per heavy atom. The lowest BCUT2D eigenvalue weighted by Crippen LogP contribution is -2.24. The highest BCUT2D eigenvalue weighted by Crippen LogP contribution is 2.06. The van der Waals surface area contributed by atoms with Gasteiger partial charge in [0.2, 0.25) is 5.91 Å². The summed E-state index contributed by atoms with van der Waals surface area (Å²) in [7, 11) is 1.28. The number of carbonyl (C=O) groups excluding carboxylic acids is 2. The third kappa shape index (κ3) is 4.77. The lowest BCUT2D eigenvalue weighted by molar-refractivity contribution is -0.134. The molecular formula is C16H17N3O4. The number of para-hydroxylation sites is 1. The molecule has 0 saturated heterocycles. The van der Waals surface area contributed by atoms with Crippen LogP contribution in [0.5, 0.6) is 0 Å². The highest BCUT2D eigenvalue weighted by atomic mass is 16.5. The van der Waals surface area contributed by atoms with Crippen LogP contribution in [0.3, 0.4) is 0 Å². The molecule has 0 unspecified atom stereocenters. The van der Waals surface area contributed by atoms with Crippen LogP contribution in [0, 0.1) is 0 Å². The predicted molar refractivity (Wildman–Crippen MR) is 84.9 cm³/mol. The molecule has 2 rings (SSSR count). The average Bonchev–Trinajstić information content (AvgIpc) is 2.56. The second-order valence-electron chi connectivity index (χ2n) is 4.76. The Morgan fingerprint density at radius 3 is 2.91 bits per heavy atom. The fourth-order valence-electron chi connectivity index (χ4n) is 1.97. The van der Waals surface area contributed by atoms with E-state index in [0.717, 1.165) is 0 Å². The van der Waals surface area contributed by atoms with Crippen LogP contribution in [0.2, 0.25) is 0 Å². The molecule has 0 atom stereocenters. The first-order valence-electron chi connectivity index (χ1n) is 7.09. The van der Waals surface area contributed by atoms with Crippen LogP contribution in [0.15, 0.2) is 41.2 Å². The van der Waals surface area contributed by atoms with Crippen molar-refractivity contribution in [2.45, 2.75) is 12.8 Å². The lowest BCUT2D eigenvalue weighted by Gasteiger charge is -2.04. The maximum absolute atomic E-state index is 11.9. The summed E-state index contributed by atoms with van der Waals surface area (Å²) >= 11 is 0. The van der Waals surface area contributed by atoms with Crippen molar-refractivity contribution in [2.24, 2.45) is 0 Å². The van der Waals surface area contributed by atoms with E-state index < -0.39 is 5.97 Å². The smallest absolute Gasteiger partial charge is 0.330 e. The van der Waals surface area contributed by atoms with Crippen LogP contribution >= 0.6 is 0 Å². The fourth-order valence-corrected chi connectivity index (χ4v) is 1.97. The quantitative estimate of drug-likeness (QED) is 0.603. The number of hydrogen-bond acceptors (Lipinski definition) is 5. The third-order valence-electron chi connectivity index (χ3n) is 3.12. The second kappa shape index (κ2) is 7.88. The Bertz CT molecular complexity index is 795. The van der Waals surface area contributed by atoms with Crippen molar-refractivity contribution in [3.05, 3.63) is 52.6 Å². The first-order chi connectivity index (χ1) is 11.1. The van der Waals surface area contributed by atoms with Crippen LogP contribution < -0.4 is 10.9 Å². The van der Waals surface area contributed by atoms with Gasteiger partial charge in [0.05, 0.1) is 18.0 Å². The molecule has 23 heavy (non-hydrogen) atoms. The van der Waals surface area contributed by atoms with Crippen LogP contribution in [-0.2, 0) is 20.7 Å². The van der Waals surface area contributed by atoms with Crippen LogP contribution in [0.4, 0.5) is 0 Å². The highest BCUT2D eigenvalue weighted by molar-refractivity contribution is 5.82. The van der Waals surface area contributed by atoms with Crippen LogP contribution in [0.1, 0.15) is 12.2 Å². The van der Waals surface area contributed by atoms with Crippen molar-refractivity contribution < 1.29 is 14.3 Å². The van der Waals surface area contributed by atoms with Gasteiger partial charge in [0, 0.05) is 25.5 Å². The Balaban J connectivity index is 1.88. The molecule has 0 bridgehead atoms. The number of methoxy groups -OCH3 is 1. The number of esters is 1. The second-order valence-corrected chi connectivity index (χ2v) is 4.76. The number of aromatic amines is 1. The van der Waals surface area contributed by atoms with E-state index in [1.165, 1.54) is 19.3 Å². The molecule has 0 radical (unpaired) electrons. The summed E-state index contributed by atoms with van der Waals surface area (Å²) in [5, 5.41) is 3.15. The van der Waals surface area contributed by atoms with Crippen molar-refractivity contribution in [1.82, 2.24) is 15.3 Å². The molecule has 0 aliphatic heterocycles. The molecule has 0 fully saturated rings. The molecule has 7 nitrogen and oxygen atoms in total. The summed E-state index contributed by atoms with van der Waals surface area (Å²) in [6.45, 7) is 0.232. The van der Waals surface area contributed by atoms with Gasteiger partial charge in [0.1, 0.15) is 5.82 Å². The van der Waals surface area contributed by atoms with Gasteiger partial charge in [-0.3, -0.25) is 9.59 Å². The monoisotopic (exact) mass is 315 g/mol. The largest absolute Gasteiger partial charge is 0.466 e. The molecule has 2 N–H and O–H groups in total. The van der Waals surface area contributed by atoms with E-state index in [1.807, 2.05) is 0 Å². The van der Waals surface area contributed by atoms with Gasteiger partial charge in [0.25, 0.3) is 5.56 Å². The molecular weight excluding hydrogens is 298 g/mol. The zero-order valence-electron chi connectivity index (χ0n) is 12.7. The topological polar surface area (TPSA) is 101 Å². The van der Waals surface area contributed by atoms with Gasteiger partial charge in [0.15, 0.2) is 0 Å². The summed E-state index contributed by atoms with van der Waals surface area (Å²) in [4.78, 5) is 41.4. The number of aromatic nitrogens is 2. The summed E-state index contributed by atoms with van der Waals surface area (Å²) in [6, 6.07) is 7.03. The summed E-state index contributed by atoms with van der Waals surface area (Å²) in [5.41, 5.74) is 0.389. The average molecular weight is 315 g/mol. The molecule has 0 spiro atoms. The van der Waals surface area contributed by atoms with Crippen molar-refractivity contribution in [2.75, 3.05) is 13.7 Å². The van der Waals surface area contributed by atoms with Gasteiger partial charge in [-0.05, 0) is 12.1 Å². The van der Waals surface area contributed by atoms with Crippen LogP contribution in [0.25, 0.3) is 10.9 Å². The highest BCUT2D eigenvalue weighted by Gasteiger charge is 2.06. The Morgan fingerprint density at radius 1 is 1.35 bits per heavy atom. The number of amides is 1. The van der Waals surface area contributed by atoms with Gasteiger partial charge in [-0.2, -0.15) is 0 Å². The molecule has 0 saturated carbocycles. The molecule has 1 aromatic carbocycles. The van der Waals surface area contributed by atoms with Gasteiger partial charge < -0.3 is 15.0 Å². The van der Waals surface area contributed by atoms with E-state index in [0.29, 0.717) is 23.1 Å². The van der Waals surface area contributed by atoms with Gasteiger partial charge >= 0.3 is 5.97 Å². The minimum absolute atomic E-state index is 0.188. The van der Waals surface area contributed by atoms with Gasteiger partial charge in [-0.25, -0.2) is 9.78 Å². The summed E-state index contributed by atoms with van der Waals surface area (Å²) in [6.07, 6.45) is 3.25. The fraction of sp³-hybridized carbons (Fsp3) is 0.250. The maximum atomic E-state index is 11.9. The van der Waals surface area contributed by atoms with Crippen molar-refractivity contribution in [3.8, 4) is 0 Å². The van der Waals surface area contributed by atoms with E-state index >= 15 is 0 Å². The lowest BCUT2D eigenvalue weighted by atomic mass is 10.2. The van der Waals surface area contributed by atoms with Crippen molar-refractivity contribution >= 4 is 22.8 Å². The number of nitrogens with one attached hydrogen (secondary N) is 2. The van der Waals surface area contributed by atoms with E-state index in [9.17, 15) is 14.4 Å². The number of fused-ring (bicyclic) bond motifs is 1. The molecule has 1 aromatic heterocycles. The molecule has 1 heterocycles. The van der Waals surface area contributed by atoms with Crippen molar-refractivity contribution in [1.29, 1.82) is 0 Å². The zero-order valence-corrected chi connectivity index (χ0v) is 12.7. The molecule has 1 amide bonds. The molecule has 2 aromatic rings. The Hall–Kier alpha value is -2.96. The number of aryl methyl sites for hydroxylation is 1.